The minimum Gasteiger partial charge on any atom is -0.457 e. The summed E-state index contributed by atoms with van der Waals surface area (Å²) in [5.74, 6) is 1.13. The first-order valence-electron chi connectivity index (χ1n) is 9.79. The number of benzene rings is 2. The average molecular weight is 407 g/mol. The molecule has 1 aromatic heterocycles. The Kier molecular flexibility index (Phi) is 5.72. The van der Waals surface area contributed by atoms with Crippen LogP contribution in [0.2, 0.25) is 5.02 Å². The van der Waals surface area contributed by atoms with E-state index in [0.717, 1.165) is 35.6 Å². The Morgan fingerprint density at radius 3 is 2.72 bits per heavy atom. The third-order valence-corrected chi connectivity index (χ3v) is 5.47. The smallest absolute Gasteiger partial charge is 0.248 e. The average Bonchev–Trinajstić information content (AvgIpc) is 3.41. The van der Waals surface area contributed by atoms with Crippen molar-refractivity contribution in [1.29, 1.82) is 0 Å². The van der Waals surface area contributed by atoms with E-state index >= 15 is 0 Å². The zero-order chi connectivity index (χ0) is 20.2. The molecule has 5 heteroatoms. The Hall–Kier alpha value is -2.98. The molecule has 4 nitrogen and oxygen atoms in total. The minimum absolute atomic E-state index is 0.195. The van der Waals surface area contributed by atoms with Crippen molar-refractivity contribution in [3.63, 3.8) is 0 Å². The molecule has 0 saturated carbocycles. The zero-order valence-electron chi connectivity index (χ0n) is 16.3. The zero-order valence-corrected chi connectivity index (χ0v) is 17.1. The van der Waals surface area contributed by atoms with Gasteiger partial charge in [0.15, 0.2) is 0 Å². The molecule has 1 saturated heterocycles. The largest absolute Gasteiger partial charge is 0.457 e. The lowest BCUT2D eigenvalue weighted by atomic mass is 10.1. The number of rotatable bonds is 5. The lowest BCUT2D eigenvalue weighted by molar-refractivity contribution is -0.111. The first-order valence-corrected chi connectivity index (χ1v) is 10.2. The first kappa shape index (κ1) is 19.3. The molecule has 4 rings (SSSR count). The van der Waals surface area contributed by atoms with Crippen LogP contribution in [0.3, 0.4) is 0 Å². The standard InChI is InChI=1S/C24H23ClN2O2/c1-17-7-8-18(15-22(17)25)23-11-9-21(29-23)10-12-24(28)26-19-5-4-6-20(16-19)27-13-2-3-14-27/h4-12,15-16H,2-3,13-14H2,1H3,(H,26,28)/b12-10+. The Bertz CT molecular complexity index is 1050. The molecule has 3 aromatic rings. The van der Waals surface area contributed by atoms with Gasteiger partial charge in [-0.3, -0.25) is 4.79 Å². The predicted octanol–water partition coefficient (Wildman–Crippen LogP) is 6.16. The van der Waals surface area contributed by atoms with Crippen LogP contribution >= 0.6 is 11.6 Å². The van der Waals surface area contributed by atoms with E-state index in [2.05, 4.69) is 16.3 Å². The van der Waals surface area contributed by atoms with Crippen LogP contribution < -0.4 is 10.2 Å². The number of anilines is 2. The fraction of sp³-hybridized carbons (Fsp3) is 0.208. The number of halogens is 1. The number of furan rings is 1. The minimum atomic E-state index is -0.195. The highest BCUT2D eigenvalue weighted by molar-refractivity contribution is 6.31. The number of nitrogens with zero attached hydrogens (tertiary/aromatic N) is 1. The second kappa shape index (κ2) is 8.58. The molecule has 0 unspecified atom stereocenters. The molecule has 0 atom stereocenters. The molecule has 1 aliphatic rings. The molecule has 0 bridgehead atoms. The number of aryl methyl sites for hydroxylation is 1. The molecule has 0 radical (unpaired) electrons. The highest BCUT2D eigenvalue weighted by Crippen LogP contribution is 2.27. The van der Waals surface area contributed by atoms with E-state index in [0.29, 0.717) is 16.5 Å². The maximum atomic E-state index is 12.3. The summed E-state index contributed by atoms with van der Waals surface area (Å²) in [4.78, 5) is 14.6. The summed E-state index contributed by atoms with van der Waals surface area (Å²) in [5.41, 5.74) is 3.87. The quantitative estimate of drug-likeness (QED) is 0.516. The SMILES string of the molecule is Cc1ccc(-c2ccc(/C=C/C(=O)Nc3cccc(N4CCCC4)c3)o2)cc1Cl. The lowest BCUT2D eigenvalue weighted by Gasteiger charge is -2.18. The van der Waals surface area contributed by atoms with Crippen LogP contribution in [0.1, 0.15) is 24.2 Å². The molecular formula is C24H23ClN2O2. The van der Waals surface area contributed by atoms with Crippen molar-refractivity contribution in [3.8, 4) is 11.3 Å². The van der Waals surface area contributed by atoms with Crippen molar-refractivity contribution in [1.82, 2.24) is 0 Å². The van der Waals surface area contributed by atoms with Crippen LogP contribution in [0.15, 0.2) is 65.1 Å². The summed E-state index contributed by atoms with van der Waals surface area (Å²) in [6.45, 7) is 4.11. The number of hydrogen-bond acceptors (Lipinski definition) is 3. The van der Waals surface area contributed by atoms with E-state index in [1.165, 1.54) is 18.9 Å². The Balaban J connectivity index is 1.40. The third-order valence-electron chi connectivity index (χ3n) is 5.07. The van der Waals surface area contributed by atoms with Gasteiger partial charge >= 0.3 is 0 Å². The number of amides is 1. The number of carbonyl (C=O) groups is 1. The summed E-state index contributed by atoms with van der Waals surface area (Å²) >= 11 is 6.19. The molecule has 0 aliphatic carbocycles. The summed E-state index contributed by atoms with van der Waals surface area (Å²) in [6, 6.07) is 17.5. The van der Waals surface area contributed by atoms with Crippen molar-refractivity contribution in [3.05, 3.63) is 77.0 Å². The van der Waals surface area contributed by atoms with Gasteiger partial charge in [0.2, 0.25) is 5.91 Å². The van der Waals surface area contributed by atoms with Crippen LogP contribution in [0, 0.1) is 6.92 Å². The first-order chi connectivity index (χ1) is 14.1. The molecule has 0 spiro atoms. The highest BCUT2D eigenvalue weighted by Gasteiger charge is 2.12. The van der Waals surface area contributed by atoms with Gasteiger partial charge in [-0.05, 0) is 67.8 Å². The molecule has 2 heterocycles. The van der Waals surface area contributed by atoms with Gasteiger partial charge in [-0.25, -0.2) is 0 Å². The number of hydrogen-bond donors (Lipinski definition) is 1. The number of nitrogens with one attached hydrogen (secondary N) is 1. The molecule has 2 aromatic carbocycles. The van der Waals surface area contributed by atoms with Crippen molar-refractivity contribution in [2.75, 3.05) is 23.3 Å². The second-order valence-electron chi connectivity index (χ2n) is 7.23. The second-order valence-corrected chi connectivity index (χ2v) is 7.64. The van der Waals surface area contributed by atoms with Crippen LogP contribution in [-0.4, -0.2) is 19.0 Å². The third kappa shape index (κ3) is 4.72. The maximum absolute atomic E-state index is 12.3. The highest BCUT2D eigenvalue weighted by atomic mass is 35.5. The van der Waals surface area contributed by atoms with E-state index in [1.54, 1.807) is 6.08 Å². The van der Waals surface area contributed by atoms with Gasteiger partial charge in [0.05, 0.1) is 0 Å². The Morgan fingerprint density at radius 1 is 1.10 bits per heavy atom. The molecule has 1 aliphatic heterocycles. The fourth-order valence-electron chi connectivity index (χ4n) is 3.44. The van der Waals surface area contributed by atoms with Gasteiger partial charge in [-0.15, -0.1) is 0 Å². The van der Waals surface area contributed by atoms with Crippen LogP contribution in [-0.2, 0) is 4.79 Å². The molecule has 1 N–H and O–H groups in total. The van der Waals surface area contributed by atoms with E-state index in [9.17, 15) is 4.79 Å². The number of carbonyl (C=O) groups excluding carboxylic acids is 1. The summed E-state index contributed by atoms with van der Waals surface area (Å²) < 4.78 is 5.82. The van der Waals surface area contributed by atoms with Gasteiger partial charge in [0, 0.05) is 41.1 Å². The van der Waals surface area contributed by atoms with Crippen molar-refractivity contribution in [2.24, 2.45) is 0 Å². The Morgan fingerprint density at radius 2 is 1.93 bits per heavy atom. The summed E-state index contributed by atoms with van der Waals surface area (Å²) in [7, 11) is 0. The summed E-state index contributed by atoms with van der Waals surface area (Å²) in [6.07, 6.45) is 5.59. The predicted molar refractivity (Wildman–Crippen MR) is 119 cm³/mol. The Labute approximate surface area is 175 Å². The molecular weight excluding hydrogens is 384 g/mol. The van der Waals surface area contributed by atoms with E-state index in [4.69, 9.17) is 16.0 Å². The van der Waals surface area contributed by atoms with E-state index in [1.807, 2.05) is 55.5 Å². The lowest BCUT2D eigenvalue weighted by Crippen LogP contribution is -2.17. The van der Waals surface area contributed by atoms with Crippen LogP contribution in [0.25, 0.3) is 17.4 Å². The van der Waals surface area contributed by atoms with Crippen LogP contribution in [0.4, 0.5) is 11.4 Å². The van der Waals surface area contributed by atoms with Gasteiger partial charge in [0.25, 0.3) is 0 Å². The monoisotopic (exact) mass is 406 g/mol. The van der Waals surface area contributed by atoms with Gasteiger partial charge < -0.3 is 14.6 Å². The maximum Gasteiger partial charge on any atom is 0.248 e. The van der Waals surface area contributed by atoms with Gasteiger partial charge in [-0.2, -0.15) is 0 Å². The molecule has 29 heavy (non-hydrogen) atoms. The van der Waals surface area contributed by atoms with Crippen molar-refractivity contribution < 1.29 is 9.21 Å². The van der Waals surface area contributed by atoms with Crippen molar-refractivity contribution in [2.45, 2.75) is 19.8 Å². The fourth-order valence-corrected chi connectivity index (χ4v) is 3.62. The van der Waals surface area contributed by atoms with Gasteiger partial charge in [-0.1, -0.05) is 29.8 Å². The van der Waals surface area contributed by atoms with Gasteiger partial charge in [0.1, 0.15) is 11.5 Å². The van der Waals surface area contributed by atoms with E-state index in [-0.39, 0.29) is 5.91 Å². The van der Waals surface area contributed by atoms with Crippen molar-refractivity contribution >= 4 is 35.0 Å². The van der Waals surface area contributed by atoms with Crippen LogP contribution in [0.5, 0.6) is 0 Å². The molecule has 1 fully saturated rings. The normalized spacial score (nSPS) is 13.9. The topological polar surface area (TPSA) is 45.5 Å². The van der Waals surface area contributed by atoms with E-state index < -0.39 is 0 Å². The molecule has 148 valence electrons. The molecule has 1 amide bonds. The summed E-state index contributed by atoms with van der Waals surface area (Å²) in [5, 5.41) is 3.62.